The number of carbonyl (C=O) groups excluding carboxylic acids is 1. The molecule has 0 aliphatic rings. The van der Waals surface area contributed by atoms with Crippen LogP contribution in [0.1, 0.15) is 36.6 Å². The summed E-state index contributed by atoms with van der Waals surface area (Å²) in [5.41, 5.74) is 4.20. The Kier molecular flexibility index (Phi) is 6.36. The lowest BCUT2D eigenvalue weighted by Crippen LogP contribution is -2.18. The van der Waals surface area contributed by atoms with E-state index in [1.807, 2.05) is 44.2 Å². The molecule has 0 spiro atoms. The number of hydrogen-bond donors (Lipinski definition) is 2. The first-order valence-electron chi connectivity index (χ1n) is 8.36. The topological polar surface area (TPSA) is 64.9 Å². The lowest BCUT2D eigenvalue weighted by atomic mass is 10.1. The summed E-state index contributed by atoms with van der Waals surface area (Å²) in [6.45, 7) is 6.08. The molecule has 0 saturated carbocycles. The first kappa shape index (κ1) is 18.3. The predicted octanol–water partition coefficient (Wildman–Crippen LogP) is 4.25. The van der Waals surface area contributed by atoms with Gasteiger partial charge in [0.2, 0.25) is 0 Å². The third-order valence-electron chi connectivity index (χ3n) is 4.04. The van der Waals surface area contributed by atoms with Crippen molar-refractivity contribution < 1.29 is 4.79 Å². The van der Waals surface area contributed by atoms with Crippen molar-refractivity contribution in [3.8, 4) is 6.07 Å². The van der Waals surface area contributed by atoms with Gasteiger partial charge in [-0.05, 0) is 43.5 Å². The van der Waals surface area contributed by atoms with Crippen molar-refractivity contribution in [2.45, 2.75) is 33.2 Å². The molecule has 2 N–H and O–H groups in total. The van der Waals surface area contributed by atoms with E-state index >= 15 is 0 Å². The highest BCUT2D eigenvalue weighted by Gasteiger charge is 2.10. The van der Waals surface area contributed by atoms with Gasteiger partial charge >= 0.3 is 0 Å². The molecule has 0 fully saturated rings. The standard InChI is InChI=1S/C21H23N3O/c1-4-17-7-9-18(10-8-17)16(3)23-14-19(13-22)21(25)24-20-11-5-15(2)6-12-20/h5-12,14,16,23H,4H2,1-3H3,(H,24,25)/b19-14-. The largest absolute Gasteiger partial charge is 0.383 e. The molecule has 0 aromatic heterocycles. The summed E-state index contributed by atoms with van der Waals surface area (Å²) < 4.78 is 0. The van der Waals surface area contributed by atoms with E-state index in [-0.39, 0.29) is 11.6 Å². The molecular formula is C21H23N3O. The van der Waals surface area contributed by atoms with Gasteiger partial charge in [0, 0.05) is 17.9 Å². The smallest absolute Gasteiger partial charge is 0.267 e. The van der Waals surface area contributed by atoms with Crippen LogP contribution in [0.2, 0.25) is 0 Å². The van der Waals surface area contributed by atoms with Gasteiger partial charge in [0.15, 0.2) is 0 Å². The van der Waals surface area contributed by atoms with Crippen LogP contribution in [0.5, 0.6) is 0 Å². The first-order valence-corrected chi connectivity index (χ1v) is 8.36. The zero-order valence-electron chi connectivity index (χ0n) is 14.8. The van der Waals surface area contributed by atoms with Gasteiger partial charge in [-0.15, -0.1) is 0 Å². The second-order valence-electron chi connectivity index (χ2n) is 5.97. The molecule has 0 aliphatic carbocycles. The highest BCUT2D eigenvalue weighted by atomic mass is 16.1. The van der Waals surface area contributed by atoms with Crippen LogP contribution in [-0.2, 0) is 11.2 Å². The summed E-state index contributed by atoms with van der Waals surface area (Å²) >= 11 is 0. The summed E-state index contributed by atoms with van der Waals surface area (Å²) in [7, 11) is 0. The number of nitriles is 1. The predicted molar refractivity (Wildman–Crippen MR) is 101 cm³/mol. The molecule has 4 heteroatoms. The lowest BCUT2D eigenvalue weighted by molar-refractivity contribution is -0.112. The Balaban J connectivity index is 2.01. The summed E-state index contributed by atoms with van der Waals surface area (Å²) in [5, 5.41) is 15.1. The van der Waals surface area contributed by atoms with E-state index in [0.29, 0.717) is 5.69 Å². The first-order chi connectivity index (χ1) is 12.0. The van der Waals surface area contributed by atoms with E-state index in [1.54, 1.807) is 0 Å². The van der Waals surface area contributed by atoms with Gasteiger partial charge < -0.3 is 10.6 Å². The average Bonchev–Trinajstić information content (AvgIpc) is 2.64. The summed E-state index contributed by atoms with van der Waals surface area (Å²) in [6, 6.07) is 17.7. The number of nitrogens with zero attached hydrogens (tertiary/aromatic N) is 1. The number of rotatable bonds is 6. The molecule has 0 aliphatic heterocycles. The third-order valence-corrected chi connectivity index (χ3v) is 4.04. The van der Waals surface area contributed by atoms with Crippen LogP contribution in [0, 0.1) is 18.3 Å². The minimum Gasteiger partial charge on any atom is -0.383 e. The van der Waals surface area contributed by atoms with Crippen molar-refractivity contribution in [1.29, 1.82) is 5.26 Å². The summed E-state index contributed by atoms with van der Waals surface area (Å²) in [6.07, 6.45) is 2.47. The Hall–Kier alpha value is -3.06. The van der Waals surface area contributed by atoms with Crippen LogP contribution in [0.4, 0.5) is 5.69 Å². The maximum absolute atomic E-state index is 12.2. The fourth-order valence-corrected chi connectivity index (χ4v) is 2.33. The Labute approximate surface area is 149 Å². The highest BCUT2D eigenvalue weighted by molar-refractivity contribution is 6.06. The van der Waals surface area contributed by atoms with Crippen molar-refractivity contribution in [2.75, 3.05) is 5.32 Å². The Morgan fingerprint density at radius 3 is 2.36 bits per heavy atom. The molecule has 2 aromatic rings. The maximum atomic E-state index is 12.2. The van der Waals surface area contributed by atoms with Crippen LogP contribution in [0.15, 0.2) is 60.3 Å². The van der Waals surface area contributed by atoms with Gasteiger partial charge in [-0.25, -0.2) is 0 Å². The van der Waals surface area contributed by atoms with Crippen molar-refractivity contribution in [2.24, 2.45) is 0 Å². The van der Waals surface area contributed by atoms with Crippen LogP contribution >= 0.6 is 0 Å². The SMILES string of the molecule is CCc1ccc(C(C)N/C=C(/C#N)C(=O)Nc2ccc(C)cc2)cc1. The number of amides is 1. The molecule has 2 aromatic carbocycles. The van der Waals surface area contributed by atoms with Crippen LogP contribution in [0.25, 0.3) is 0 Å². The van der Waals surface area contributed by atoms with Gasteiger partial charge in [-0.1, -0.05) is 48.9 Å². The Morgan fingerprint density at radius 1 is 1.16 bits per heavy atom. The normalized spacial score (nSPS) is 12.2. The van der Waals surface area contributed by atoms with Gasteiger partial charge in [-0.3, -0.25) is 4.79 Å². The molecule has 0 saturated heterocycles. The molecule has 128 valence electrons. The number of nitrogens with one attached hydrogen (secondary N) is 2. The van der Waals surface area contributed by atoms with E-state index in [2.05, 4.69) is 41.8 Å². The van der Waals surface area contributed by atoms with E-state index < -0.39 is 5.91 Å². The van der Waals surface area contributed by atoms with Gasteiger partial charge in [0.1, 0.15) is 11.6 Å². The highest BCUT2D eigenvalue weighted by Crippen LogP contribution is 2.14. The molecule has 1 unspecified atom stereocenters. The molecule has 1 atom stereocenters. The van der Waals surface area contributed by atoms with E-state index in [9.17, 15) is 10.1 Å². The van der Waals surface area contributed by atoms with Crippen molar-refractivity contribution in [3.63, 3.8) is 0 Å². The van der Waals surface area contributed by atoms with Crippen LogP contribution in [0.3, 0.4) is 0 Å². The second kappa shape index (κ2) is 8.70. The fourth-order valence-electron chi connectivity index (χ4n) is 2.33. The van der Waals surface area contributed by atoms with Crippen molar-refractivity contribution >= 4 is 11.6 Å². The lowest BCUT2D eigenvalue weighted by Gasteiger charge is -2.13. The second-order valence-corrected chi connectivity index (χ2v) is 5.97. The minimum absolute atomic E-state index is 0.00132. The van der Waals surface area contributed by atoms with Crippen molar-refractivity contribution in [1.82, 2.24) is 5.32 Å². The number of aryl methyl sites for hydroxylation is 2. The molecule has 4 nitrogen and oxygen atoms in total. The number of benzene rings is 2. The summed E-state index contributed by atoms with van der Waals surface area (Å²) in [4.78, 5) is 12.2. The van der Waals surface area contributed by atoms with Gasteiger partial charge in [-0.2, -0.15) is 5.26 Å². The minimum atomic E-state index is -0.424. The molecule has 1 amide bonds. The van der Waals surface area contributed by atoms with E-state index in [0.717, 1.165) is 17.5 Å². The molecule has 0 heterocycles. The third kappa shape index (κ3) is 5.22. The fraction of sp³-hybridized carbons (Fsp3) is 0.238. The monoisotopic (exact) mass is 333 g/mol. The molecule has 25 heavy (non-hydrogen) atoms. The Bertz CT molecular complexity index is 783. The van der Waals surface area contributed by atoms with Gasteiger partial charge in [0.25, 0.3) is 5.91 Å². The Morgan fingerprint density at radius 2 is 1.80 bits per heavy atom. The average molecular weight is 333 g/mol. The maximum Gasteiger partial charge on any atom is 0.267 e. The summed E-state index contributed by atoms with van der Waals surface area (Å²) in [5.74, 6) is -0.424. The van der Waals surface area contributed by atoms with Gasteiger partial charge in [0.05, 0.1) is 0 Å². The zero-order chi connectivity index (χ0) is 18.2. The van der Waals surface area contributed by atoms with Crippen LogP contribution in [-0.4, -0.2) is 5.91 Å². The molecule has 0 bridgehead atoms. The number of hydrogen-bond acceptors (Lipinski definition) is 3. The molecule has 0 radical (unpaired) electrons. The van der Waals surface area contributed by atoms with Crippen molar-refractivity contribution in [3.05, 3.63) is 77.0 Å². The quantitative estimate of drug-likeness (QED) is 0.613. The van der Waals surface area contributed by atoms with E-state index in [1.165, 1.54) is 11.8 Å². The zero-order valence-corrected chi connectivity index (χ0v) is 14.8. The van der Waals surface area contributed by atoms with E-state index in [4.69, 9.17) is 0 Å². The molecule has 2 rings (SSSR count). The van der Waals surface area contributed by atoms with Crippen LogP contribution < -0.4 is 10.6 Å². The molecular weight excluding hydrogens is 310 g/mol. The number of anilines is 1. The number of carbonyl (C=O) groups is 1.